The van der Waals surface area contributed by atoms with Crippen LogP contribution < -0.4 is 10.7 Å². The smallest absolute Gasteiger partial charge is 0.274 e. The molecule has 2 amide bonds. The highest BCUT2D eigenvalue weighted by Crippen LogP contribution is 2.49. The largest absolute Gasteiger partial charge is 0.503 e. The minimum absolute atomic E-state index is 0.0970. The molecule has 2 atom stereocenters. The van der Waals surface area contributed by atoms with Gasteiger partial charge in [0.25, 0.3) is 11.8 Å². The number of fused-ring (bicyclic) bond motifs is 1. The lowest BCUT2D eigenvalue weighted by Gasteiger charge is -2.41. The van der Waals surface area contributed by atoms with Crippen LogP contribution in [0, 0.1) is 17.5 Å². The molecule has 0 radical (unpaired) electrons. The molecule has 1 aromatic carbocycles. The number of nitrogens with zero attached hydrogens (tertiary/aromatic N) is 2. The summed E-state index contributed by atoms with van der Waals surface area (Å²) in [5.74, 6) is -6.10. The molecule has 11 heteroatoms. The van der Waals surface area contributed by atoms with Crippen molar-refractivity contribution in [1.82, 2.24) is 14.8 Å². The number of hydrogen-bond acceptors (Lipinski definition) is 5. The Hall–Kier alpha value is -3.34. The third kappa shape index (κ3) is 3.05. The van der Waals surface area contributed by atoms with Crippen LogP contribution in [0.1, 0.15) is 63.9 Å². The Morgan fingerprint density at radius 3 is 2.58 bits per heavy atom. The van der Waals surface area contributed by atoms with E-state index in [-0.39, 0.29) is 24.4 Å². The van der Waals surface area contributed by atoms with Gasteiger partial charge in [0.2, 0.25) is 5.43 Å². The molecule has 174 valence electrons. The normalized spacial score (nSPS) is 23.3. The van der Waals surface area contributed by atoms with Crippen molar-refractivity contribution in [2.75, 3.05) is 13.1 Å². The van der Waals surface area contributed by atoms with Crippen molar-refractivity contribution < 1.29 is 33.0 Å². The van der Waals surface area contributed by atoms with Crippen molar-refractivity contribution in [2.45, 2.75) is 43.9 Å². The minimum atomic E-state index is -1.26. The number of rotatable bonds is 3. The third-order valence-electron chi connectivity index (χ3n) is 6.80. The number of benzene rings is 1. The molecule has 5 rings (SSSR count). The van der Waals surface area contributed by atoms with Gasteiger partial charge in [0, 0.05) is 43.8 Å². The number of aromatic nitrogens is 1. The van der Waals surface area contributed by atoms with Gasteiger partial charge in [0.05, 0.1) is 17.3 Å². The predicted octanol–water partition coefficient (Wildman–Crippen LogP) is 1.67. The van der Waals surface area contributed by atoms with Gasteiger partial charge in [-0.2, -0.15) is 0 Å². The Morgan fingerprint density at radius 2 is 1.88 bits per heavy atom. The highest BCUT2D eigenvalue weighted by Gasteiger charge is 2.53. The SMILES string of the molecule is O=C(NCc1c(F)cc(F)cc1F)c1c2n3c(c(O)c1=O)C(=O)N1CCCC[C@]3(C[C@@H]2O)C1. The first-order chi connectivity index (χ1) is 15.6. The molecule has 1 spiro atoms. The number of carbonyl (C=O) groups excluding carboxylic acids is 2. The highest BCUT2D eigenvalue weighted by molar-refractivity contribution is 6.00. The maximum atomic E-state index is 13.9. The van der Waals surface area contributed by atoms with Crippen molar-refractivity contribution in [1.29, 1.82) is 0 Å². The van der Waals surface area contributed by atoms with Gasteiger partial charge in [0.15, 0.2) is 11.4 Å². The molecule has 1 saturated heterocycles. The summed E-state index contributed by atoms with van der Waals surface area (Å²) in [6.45, 7) is 0.0288. The molecule has 0 saturated carbocycles. The van der Waals surface area contributed by atoms with Gasteiger partial charge in [-0.05, 0) is 19.3 Å². The molecule has 1 aromatic heterocycles. The Labute approximate surface area is 185 Å². The summed E-state index contributed by atoms with van der Waals surface area (Å²) in [7, 11) is 0. The molecule has 1 fully saturated rings. The fraction of sp³-hybridized carbons (Fsp3) is 0.409. The molecule has 3 aliphatic rings. The average Bonchev–Trinajstić information content (AvgIpc) is 2.90. The maximum absolute atomic E-state index is 13.9. The molecule has 0 unspecified atom stereocenters. The van der Waals surface area contributed by atoms with Crippen molar-refractivity contribution in [2.24, 2.45) is 0 Å². The van der Waals surface area contributed by atoms with Gasteiger partial charge in [-0.3, -0.25) is 14.4 Å². The molecule has 2 aromatic rings. The van der Waals surface area contributed by atoms with E-state index in [1.807, 2.05) is 0 Å². The van der Waals surface area contributed by atoms with Gasteiger partial charge in [-0.1, -0.05) is 0 Å². The monoisotopic (exact) mass is 463 g/mol. The van der Waals surface area contributed by atoms with Crippen molar-refractivity contribution in [3.05, 3.63) is 62.3 Å². The van der Waals surface area contributed by atoms with Crippen LogP contribution in [0.15, 0.2) is 16.9 Å². The van der Waals surface area contributed by atoms with Gasteiger partial charge < -0.3 is 25.0 Å². The topological polar surface area (TPSA) is 112 Å². The van der Waals surface area contributed by atoms with Crippen LogP contribution in [-0.2, 0) is 12.1 Å². The molecular weight excluding hydrogens is 443 g/mol. The summed E-state index contributed by atoms with van der Waals surface area (Å²) in [6.07, 6.45) is 0.924. The second-order valence-corrected chi connectivity index (χ2v) is 8.78. The summed E-state index contributed by atoms with van der Waals surface area (Å²) in [5, 5.41) is 23.7. The second-order valence-electron chi connectivity index (χ2n) is 8.78. The molecule has 33 heavy (non-hydrogen) atoms. The number of pyridine rings is 1. The lowest BCUT2D eigenvalue weighted by Crippen LogP contribution is -2.52. The lowest BCUT2D eigenvalue weighted by atomic mass is 9.88. The van der Waals surface area contributed by atoms with E-state index in [0.717, 1.165) is 12.8 Å². The summed E-state index contributed by atoms with van der Waals surface area (Å²) < 4.78 is 42.5. The molecule has 8 nitrogen and oxygen atoms in total. The van der Waals surface area contributed by atoms with Crippen LogP contribution in [-0.4, -0.2) is 44.6 Å². The predicted molar refractivity (Wildman–Crippen MR) is 107 cm³/mol. The Balaban J connectivity index is 1.61. The Morgan fingerprint density at radius 1 is 1.18 bits per heavy atom. The van der Waals surface area contributed by atoms with E-state index in [1.54, 1.807) is 4.90 Å². The first kappa shape index (κ1) is 21.5. The number of aliphatic hydroxyl groups is 1. The quantitative estimate of drug-likeness (QED) is 0.641. The van der Waals surface area contributed by atoms with E-state index in [2.05, 4.69) is 5.32 Å². The van der Waals surface area contributed by atoms with Crippen molar-refractivity contribution >= 4 is 11.8 Å². The number of nitrogens with one attached hydrogen (secondary N) is 1. The summed E-state index contributed by atoms with van der Waals surface area (Å²) >= 11 is 0. The van der Waals surface area contributed by atoms with Gasteiger partial charge in [-0.15, -0.1) is 0 Å². The van der Waals surface area contributed by atoms with E-state index in [0.29, 0.717) is 25.1 Å². The van der Waals surface area contributed by atoms with Gasteiger partial charge in [0.1, 0.15) is 23.0 Å². The minimum Gasteiger partial charge on any atom is -0.503 e. The zero-order chi connectivity index (χ0) is 23.7. The summed E-state index contributed by atoms with van der Waals surface area (Å²) in [5.41, 5.74) is -3.49. The highest BCUT2D eigenvalue weighted by atomic mass is 19.1. The zero-order valence-corrected chi connectivity index (χ0v) is 17.3. The molecule has 3 aliphatic heterocycles. The zero-order valence-electron chi connectivity index (χ0n) is 17.3. The fourth-order valence-corrected chi connectivity index (χ4v) is 5.39. The first-order valence-electron chi connectivity index (χ1n) is 10.6. The molecule has 2 bridgehead atoms. The van der Waals surface area contributed by atoms with E-state index in [9.17, 15) is 37.8 Å². The van der Waals surface area contributed by atoms with Crippen LogP contribution in [0.4, 0.5) is 13.2 Å². The van der Waals surface area contributed by atoms with Crippen molar-refractivity contribution in [3.8, 4) is 5.75 Å². The summed E-state index contributed by atoms with van der Waals surface area (Å²) in [6, 6.07) is 0.918. The lowest BCUT2D eigenvalue weighted by molar-refractivity contribution is 0.0549. The fourth-order valence-electron chi connectivity index (χ4n) is 5.39. The first-order valence-corrected chi connectivity index (χ1v) is 10.6. The van der Waals surface area contributed by atoms with E-state index in [1.165, 1.54) is 4.57 Å². The number of hydrogen-bond donors (Lipinski definition) is 3. The van der Waals surface area contributed by atoms with E-state index >= 15 is 0 Å². The van der Waals surface area contributed by atoms with Gasteiger partial charge in [-0.25, -0.2) is 13.2 Å². The molecule has 4 heterocycles. The van der Waals surface area contributed by atoms with E-state index < -0.39 is 69.8 Å². The number of amides is 2. The van der Waals surface area contributed by atoms with Crippen molar-refractivity contribution in [3.63, 3.8) is 0 Å². The van der Waals surface area contributed by atoms with Crippen LogP contribution in [0.25, 0.3) is 0 Å². The second kappa shape index (κ2) is 7.34. The number of halogens is 3. The Bertz CT molecular complexity index is 1250. The van der Waals surface area contributed by atoms with Crippen LogP contribution in [0.5, 0.6) is 5.75 Å². The average molecular weight is 463 g/mol. The number of carbonyl (C=O) groups is 2. The number of aliphatic hydroxyl groups excluding tert-OH is 1. The van der Waals surface area contributed by atoms with E-state index in [4.69, 9.17) is 0 Å². The van der Waals surface area contributed by atoms with Crippen LogP contribution >= 0.6 is 0 Å². The molecule has 0 aliphatic carbocycles. The molecule has 3 N–H and O–H groups in total. The maximum Gasteiger partial charge on any atom is 0.274 e. The van der Waals surface area contributed by atoms with Crippen LogP contribution in [0.3, 0.4) is 0 Å². The number of aromatic hydroxyl groups is 1. The summed E-state index contributed by atoms with van der Waals surface area (Å²) in [4.78, 5) is 40.5. The Kier molecular flexibility index (Phi) is 4.78. The third-order valence-corrected chi connectivity index (χ3v) is 6.80. The van der Waals surface area contributed by atoms with Gasteiger partial charge >= 0.3 is 0 Å². The molecular formula is C22H20F3N3O5. The van der Waals surface area contributed by atoms with Crippen LogP contribution in [0.2, 0.25) is 0 Å². The standard InChI is InChI=1S/C22H20F3N3O5/c23-10-5-12(24)11(13(25)6-10)8-26-20(32)15-16-14(29)7-22-3-1-2-4-27(9-22)21(33)17(28(16)22)19(31)18(15)30/h5-6,14,29,31H,1-4,7-9H2,(H,26,32)/t14-,22-/m0/s1.